The predicted octanol–water partition coefficient (Wildman–Crippen LogP) is 4.29. The molecule has 5 rings (SSSR count). The van der Waals surface area contributed by atoms with Crippen molar-refractivity contribution in [2.75, 3.05) is 32.7 Å². The van der Waals surface area contributed by atoms with Crippen LogP contribution in [0.2, 0.25) is 0 Å². The van der Waals surface area contributed by atoms with Crippen LogP contribution in [0.15, 0.2) is 60.8 Å². The lowest BCUT2D eigenvalue weighted by Crippen LogP contribution is -2.35. The van der Waals surface area contributed by atoms with E-state index in [2.05, 4.69) is 10.00 Å². The lowest BCUT2D eigenvalue weighted by molar-refractivity contribution is -0.143. The molecule has 0 saturated carbocycles. The number of hydrogen-bond acceptors (Lipinski definition) is 4. The number of likely N-dealkylation sites (tertiary alicyclic amines) is 2. The zero-order valence-electron chi connectivity index (χ0n) is 20.2. The molecule has 3 heterocycles. The number of fused-ring (bicyclic) bond motifs is 1. The molecule has 2 fully saturated rings. The molecule has 3 aromatic rings. The summed E-state index contributed by atoms with van der Waals surface area (Å²) in [4.78, 5) is 17.2. The van der Waals surface area contributed by atoms with E-state index in [4.69, 9.17) is 5.73 Å². The highest BCUT2D eigenvalue weighted by atomic mass is 19.4. The second-order valence-corrected chi connectivity index (χ2v) is 9.95. The van der Waals surface area contributed by atoms with Crippen molar-refractivity contribution < 1.29 is 18.0 Å². The van der Waals surface area contributed by atoms with Crippen molar-refractivity contribution in [1.29, 1.82) is 0 Å². The van der Waals surface area contributed by atoms with Gasteiger partial charge in [-0.3, -0.25) is 4.79 Å². The Balaban J connectivity index is 1.24. The number of carbonyl (C=O) groups is 1. The Labute approximate surface area is 208 Å². The Kier molecular flexibility index (Phi) is 6.61. The first-order valence-corrected chi connectivity index (χ1v) is 12.2. The van der Waals surface area contributed by atoms with E-state index < -0.39 is 23.3 Å². The van der Waals surface area contributed by atoms with Crippen molar-refractivity contribution in [3.8, 4) is 5.69 Å². The molecule has 1 aromatic heterocycles. The smallest absolute Gasteiger partial charge is 0.338 e. The molecular weight excluding hydrogens is 467 g/mol. The summed E-state index contributed by atoms with van der Waals surface area (Å²) in [6.07, 6.45) is -2.83. The fourth-order valence-corrected chi connectivity index (χ4v) is 5.46. The van der Waals surface area contributed by atoms with Crippen LogP contribution in [0.25, 0.3) is 5.69 Å². The van der Waals surface area contributed by atoms with E-state index in [0.29, 0.717) is 13.1 Å². The molecule has 1 amide bonds. The number of nitrogens with zero attached hydrogens (tertiary/aromatic N) is 4. The highest BCUT2D eigenvalue weighted by Gasteiger charge is 2.45. The molecule has 2 aliphatic rings. The number of alkyl halides is 3. The van der Waals surface area contributed by atoms with Crippen molar-refractivity contribution in [3.05, 3.63) is 83.2 Å². The molecular formula is C27H30F3N5O. The number of benzene rings is 2. The quantitative estimate of drug-likeness (QED) is 0.552. The summed E-state index contributed by atoms with van der Waals surface area (Å²) in [5.41, 5.74) is 7.23. The largest absolute Gasteiger partial charge is 0.434 e. The summed E-state index contributed by atoms with van der Waals surface area (Å²) in [5, 5.41) is 3.95. The molecule has 2 unspecified atom stereocenters. The van der Waals surface area contributed by atoms with Crippen LogP contribution in [0, 0.1) is 18.8 Å². The lowest BCUT2D eigenvalue weighted by Gasteiger charge is -2.23. The summed E-state index contributed by atoms with van der Waals surface area (Å²) in [6, 6.07) is 16.6. The maximum Gasteiger partial charge on any atom is 0.434 e. The van der Waals surface area contributed by atoms with Gasteiger partial charge in [0.15, 0.2) is 5.69 Å². The standard InChI is InChI=1S/C27H30F3N5O/c1-18-7-9-22(10-8-18)35-25(27(28,29)30)23(13-32-35)26(36)34-16-20-14-33(15-21(20)17-34)12-11-24(31)19-5-3-2-4-6-19/h2-10,13,20-21,24H,11-12,14-17,31H2,1H3/t20?,21?,24-/m0/s1. The number of carbonyl (C=O) groups excluding carboxylic acids is 1. The number of hydrogen-bond donors (Lipinski definition) is 1. The first-order valence-electron chi connectivity index (χ1n) is 12.2. The molecule has 190 valence electrons. The minimum atomic E-state index is -4.71. The molecule has 0 aliphatic carbocycles. The lowest BCUT2D eigenvalue weighted by atomic mass is 10.0. The van der Waals surface area contributed by atoms with Crippen LogP contribution in [0.1, 0.15) is 39.6 Å². The SMILES string of the molecule is Cc1ccc(-n2ncc(C(=O)N3CC4CN(CC[C@H](N)c5ccccc5)CC4C3)c2C(F)(F)F)cc1. The number of aromatic nitrogens is 2. The van der Waals surface area contributed by atoms with Gasteiger partial charge in [-0.25, -0.2) is 4.68 Å². The van der Waals surface area contributed by atoms with Gasteiger partial charge < -0.3 is 15.5 Å². The number of rotatable bonds is 6. The molecule has 9 heteroatoms. The highest BCUT2D eigenvalue weighted by Crippen LogP contribution is 2.37. The van der Waals surface area contributed by atoms with E-state index >= 15 is 0 Å². The van der Waals surface area contributed by atoms with Crippen LogP contribution in [0.3, 0.4) is 0 Å². The van der Waals surface area contributed by atoms with Crippen molar-refractivity contribution in [2.45, 2.75) is 25.6 Å². The monoisotopic (exact) mass is 497 g/mol. The van der Waals surface area contributed by atoms with E-state index in [9.17, 15) is 18.0 Å². The number of nitrogens with two attached hydrogens (primary N) is 1. The van der Waals surface area contributed by atoms with Crippen LogP contribution in [-0.4, -0.2) is 58.2 Å². The van der Waals surface area contributed by atoms with Crippen LogP contribution < -0.4 is 5.73 Å². The normalized spacial score (nSPS) is 21.1. The Morgan fingerprint density at radius 3 is 2.28 bits per heavy atom. The molecule has 2 saturated heterocycles. The Hall–Kier alpha value is -3.17. The molecule has 0 spiro atoms. The van der Waals surface area contributed by atoms with Gasteiger partial charge in [0.25, 0.3) is 5.91 Å². The minimum Gasteiger partial charge on any atom is -0.338 e. The molecule has 0 bridgehead atoms. The molecule has 36 heavy (non-hydrogen) atoms. The van der Waals surface area contributed by atoms with Gasteiger partial charge in [-0.2, -0.15) is 18.3 Å². The highest BCUT2D eigenvalue weighted by molar-refractivity contribution is 5.95. The summed E-state index contributed by atoms with van der Waals surface area (Å²) in [6.45, 7) is 5.28. The number of halogens is 3. The molecule has 0 radical (unpaired) electrons. The number of amides is 1. The van der Waals surface area contributed by atoms with E-state index in [1.807, 2.05) is 37.3 Å². The van der Waals surface area contributed by atoms with E-state index in [1.165, 1.54) is 0 Å². The first-order chi connectivity index (χ1) is 17.2. The van der Waals surface area contributed by atoms with Crippen LogP contribution in [0.4, 0.5) is 13.2 Å². The third-order valence-electron chi connectivity index (χ3n) is 7.38. The van der Waals surface area contributed by atoms with Crippen LogP contribution in [0.5, 0.6) is 0 Å². The molecule has 2 aromatic carbocycles. The topological polar surface area (TPSA) is 67.4 Å². The van der Waals surface area contributed by atoms with Gasteiger partial charge in [0.2, 0.25) is 0 Å². The maximum atomic E-state index is 14.1. The van der Waals surface area contributed by atoms with E-state index in [0.717, 1.165) is 48.1 Å². The van der Waals surface area contributed by atoms with Crippen molar-refractivity contribution >= 4 is 5.91 Å². The van der Waals surface area contributed by atoms with Gasteiger partial charge in [0.05, 0.1) is 17.4 Å². The van der Waals surface area contributed by atoms with Crippen LogP contribution >= 0.6 is 0 Å². The average molecular weight is 498 g/mol. The zero-order chi connectivity index (χ0) is 25.4. The molecule has 2 aliphatic heterocycles. The Bertz CT molecular complexity index is 1190. The fourth-order valence-electron chi connectivity index (χ4n) is 5.46. The summed E-state index contributed by atoms with van der Waals surface area (Å²) in [7, 11) is 0. The summed E-state index contributed by atoms with van der Waals surface area (Å²) >= 11 is 0. The van der Waals surface area contributed by atoms with Crippen LogP contribution in [-0.2, 0) is 6.18 Å². The second kappa shape index (κ2) is 9.71. The molecule has 3 atom stereocenters. The van der Waals surface area contributed by atoms with Gasteiger partial charge >= 0.3 is 6.18 Å². The zero-order valence-corrected chi connectivity index (χ0v) is 20.2. The predicted molar refractivity (Wildman–Crippen MR) is 131 cm³/mol. The maximum absolute atomic E-state index is 14.1. The van der Waals surface area contributed by atoms with Gasteiger partial charge in [0.1, 0.15) is 0 Å². The van der Waals surface area contributed by atoms with Crippen molar-refractivity contribution in [3.63, 3.8) is 0 Å². The van der Waals surface area contributed by atoms with Crippen molar-refractivity contribution in [2.24, 2.45) is 17.6 Å². The Morgan fingerprint density at radius 2 is 1.67 bits per heavy atom. The van der Waals surface area contributed by atoms with Gasteiger partial charge in [-0.15, -0.1) is 0 Å². The number of aryl methyl sites for hydroxylation is 1. The molecule has 6 nitrogen and oxygen atoms in total. The average Bonchev–Trinajstić information content (AvgIpc) is 3.56. The van der Waals surface area contributed by atoms with E-state index in [-0.39, 0.29) is 23.6 Å². The third-order valence-corrected chi connectivity index (χ3v) is 7.38. The van der Waals surface area contributed by atoms with Gasteiger partial charge in [-0.1, -0.05) is 48.0 Å². The minimum absolute atomic E-state index is 0.0319. The fraction of sp³-hybridized carbons (Fsp3) is 0.407. The molecule has 2 N–H and O–H groups in total. The second-order valence-electron chi connectivity index (χ2n) is 9.95. The van der Waals surface area contributed by atoms with Gasteiger partial charge in [0, 0.05) is 32.2 Å². The van der Waals surface area contributed by atoms with Gasteiger partial charge in [-0.05, 0) is 49.4 Å². The third kappa shape index (κ3) is 4.90. The van der Waals surface area contributed by atoms with E-state index in [1.54, 1.807) is 29.2 Å². The Morgan fingerprint density at radius 1 is 1.03 bits per heavy atom. The first kappa shape index (κ1) is 24.5. The summed E-state index contributed by atoms with van der Waals surface area (Å²) in [5.74, 6) is -0.0977. The van der Waals surface area contributed by atoms with Crippen molar-refractivity contribution in [1.82, 2.24) is 19.6 Å². The summed E-state index contributed by atoms with van der Waals surface area (Å²) < 4.78 is 43.0.